The van der Waals surface area contributed by atoms with Gasteiger partial charge >= 0.3 is 7.60 Å². The molecular formula is C9H19O5P. The van der Waals surface area contributed by atoms with Crippen LogP contribution in [0.3, 0.4) is 0 Å². The van der Waals surface area contributed by atoms with Gasteiger partial charge in [-0.25, -0.2) is 0 Å². The van der Waals surface area contributed by atoms with Crippen LogP contribution in [0.2, 0.25) is 0 Å². The van der Waals surface area contributed by atoms with E-state index in [9.17, 15) is 4.57 Å². The van der Waals surface area contributed by atoms with Gasteiger partial charge in [-0.3, -0.25) is 4.57 Å². The fraction of sp³-hybridized carbons (Fsp3) is 1.00. The SMILES string of the molecule is CCOP(=O)(CO[C@@H]1CCOC1)OCC. The third kappa shape index (κ3) is 4.62. The fourth-order valence-corrected chi connectivity index (χ4v) is 2.75. The third-order valence-electron chi connectivity index (χ3n) is 2.01. The zero-order valence-corrected chi connectivity index (χ0v) is 10.2. The lowest BCUT2D eigenvalue weighted by Crippen LogP contribution is -2.14. The molecule has 0 aromatic heterocycles. The Morgan fingerprint density at radius 2 is 2.00 bits per heavy atom. The monoisotopic (exact) mass is 238 g/mol. The summed E-state index contributed by atoms with van der Waals surface area (Å²) in [4.78, 5) is 0. The van der Waals surface area contributed by atoms with Crippen molar-refractivity contribution in [1.29, 1.82) is 0 Å². The molecule has 0 aromatic rings. The summed E-state index contributed by atoms with van der Waals surface area (Å²) in [5.41, 5.74) is 0. The molecule has 6 heteroatoms. The topological polar surface area (TPSA) is 54.0 Å². The lowest BCUT2D eigenvalue weighted by atomic mass is 10.3. The molecule has 1 aliphatic rings. The van der Waals surface area contributed by atoms with Gasteiger partial charge in [0.2, 0.25) is 0 Å². The molecule has 90 valence electrons. The van der Waals surface area contributed by atoms with Crippen molar-refractivity contribution in [3.05, 3.63) is 0 Å². The average molecular weight is 238 g/mol. The van der Waals surface area contributed by atoms with Gasteiger partial charge in [-0.15, -0.1) is 0 Å². The smallest absolute Gasteiger partial charge is 0.356 e. The second-order valence-corrected chi connectivity index (χ2v) is 5.22. The Kier molecular flexibility index (Phi) is 5.79. The maximum atomic E-state index is 12.0. The normalized spacial score (nSPS) is 22.1. The number of hydrogen-bond donors (Lipinski definition) is 0. The van der Waals surface area contributed by atoms with Crippen molar-refractivity contribution in [1.82, 2.24) is 0 Å². The van der Waals surface area contributed by atoms with Crippen molar-refractivity contribution >= 4 is 7.60 Å². The van der Waals surface area contributed by atoms with E-state index in [-0.39, 0.29) is 12.5 Å². The molecule has 0 bridgehead atoms. The summed E-state index contributed by atoms with van der Waals surface area (Å²) in [5, 5.41) is 0. The average Bonchev–Trinajstić information content (AvgIpc) is 2.68. The van der Waals surface area contributed by atoms with Gasteiger partial charge in [0.15, 0.2) is 0 Å². The highest BCUT2D eigenvalue weighted by atomic mass is 31.2. The minimum Gasteiger partial charge on any atom is -0.379 e. The lowest BCUT2D eigenvalue weighted by Gasteiger charge is -2.18. The summed E-state index contributed by atoms with van der Waals surface area (Å²) < 4.78 is 32.7. The Bertz CT molecular complexity index is 205. The zero-order chi connectivity index (χ0) is 11.1. The Balaban J connectivity index is 2.32. The van der Waals surface area contributed by atoms with Crippen molar-refractivity contribution in [2.75, 3.05) is 32.8 Å². The van der Waals surface area contributed by atoms with E-state index in [0.29, 0.717) is 26.4 Å². The van der Waals surface area contributed by atoms with E-state index in [1.807, 2.05) is 0 Å². The van der Waals surface area contributed by atoms with Crippen LogP contribution >= 0.6 is 7.60 Å². The molecule has 0 saturated carbocycles. The first kappa shape index (κ1) is 13.1. The lowest BCUT2D eigenvalue weighted by molar-refractivity contribution is 0.0545. The number of rotatable bonds is 7. The molecule has 1 fully saturated rings. The molecule has 1 heterocycles. The molecule has 1 saturated heterocycles. The Morgan fingerprint density at radius 3 is 2.47 bits per heavy atom. The van der Waals surface area contributed by atoms with E-state index in [1.54, 1.807) is 13.8 Å². The second-order valence-electron chi connectivity index (χ2n) is 3.23. The zero-order valence-electron chi connectivity index (χ0n) is 9.31. The van der Waals surface area contributed by atoms with Gasteiger partial charge in [-0.1, -0.05) is 0 Å². The highest BCUT2D eigenvalue weighted by molar-refractivity contribution is 7.53. The minimum absolute atomic E-state index is 0.0166. The molecule has 0 radical (unpaired) electrons. The molecule has 5 nitrogen and oxygen atoms in total. The second kappa shape index (κ2) is 6.61. The van der Waals surface area contributed by atoms with Gasteiger partial charge in [-0.2, -0.15) is 0 Å². The van der Waals surface area contributed by atoms with Crippen LogP contribution < -0.4 is 0 Å². The van der Waals surface area contributed by atoms with E-state index < -0.39 is 7.60 Å². The van der Waals surface area contributed by atoms with Crippen LogP contribution in [0.5, 0.6) is 0 Å². The van der Waals surface area contributed by atoms with Crippen LogP contribution in [-0.4, -0.2) is 38.9 Å². The van der Waals surface area contributed by atoms with E-state index in [0.717, 1.165) is 6.42 Å². The summed E-state index contributed by atoms with van der Waals surface area (Å²) in [6.45, 7) is 5.56. The van der Waals surface area contributed by atoms with Crippen LogP contribution in [-0.2, 0) is 23.1 Å². The Labute approximate surface area is 90.6 Å². The van der Waals surface area contributed by atoms with Crippen molar-refractivity contribution in [3.63, 3.8) is 0 Å². The Hall–Kier alpha value is 0.0700. The van der Waals surface area contributed by atoms with Crippen LogP contribution in [0.1, 0.15) is 20.3 Å². The summed E-state index contributed by atoms with van der Waals surface area (Å²) in [7, 11) is -3.05. The van der Waals surface area contributed by atoms with Gasteiger partial charge < -0.3 is 18.5 Å². The molecule has 0 aliphatic carbocycles. The largest absolute Gasteiger partial charge is 0.379 e. The molecule has 1 rings (SSSR count). The number of hydrogen-bond acceptors (Lipinski definition) is 5. The minimum atomic E-state index is -3.05. The van der Waals surface area contributed by atoms with Crippen molar-refractivity contribution in [2.24, 2.45) is 0 Å². The van der Waals surface area contributed by atoms with Crippen LogP contribution in [0.15, 0.2) is 0 Å². The molecule has 15 heavy (non-hydrogen) atoms. The van der Waals surface area contributed by atoms with Gasteiger partial charge in [0.05, 0.1) is 25.9 Å². The van der Waals surface area contributed by atoms with E-state index in [1.165, 1.54) is 0 Å². The van der Waals surface area contributed by atoms with Crippen LogP contribution in [0.25, 0.3) is 0 Å². The van der Waals surface area contributed by atoms with Crippen molar-refractivity contribution < 1.29 is 23.1 Å². The maximum absolute atomic E-state index is 12.0. The molecular weight excluding hydrogens is 219 g/mol. The van der Waals surface area contributed by atoms with Gasteiger partial charge in [0, 0.05) is 6.61 Å². The maximum Gasteiger partial charge on any atom is 0.356 e. The summed E-state index contributed by atoms with van der Waals surface area (Å²) in [6.07, 6.45) is 0.889. The molecule has 1 aliphatic heterocycles. The van der Waals surface area contributed by atoms with Gasteiger partial charge in [-0.05, 0) is 20.3 Å². The highest BCUT2D eigenvalue weighted by Crippen LogP contribution is 2.48. The van der Waals surface area contributed by atoms with Crippen LogP contribution in [0, 0.1) is 0 Å². The fourth-order valence-electron chi connectivity index (χ4n) is 1.35. The van der Waals surface area contributed by atoms with Crippen molar-refractivity contribution in [2.45, 2.75) is 26.4 Å². The molecule has 1 atom stereocenters. The summed E-state index contributed by atoms with van der Waals surface area (Å²) in [5.74, 6) is 0. The van der Waals surface area contributed by atoms with Crippen LogP contribution in [0.4, 0.5) is 0 Å². The van der Waals surface area contributed by atoms with E-state index in [2.05, 4.69) is 0 Å². The number of ether oxygens (including phenoxy) is 2. The summed E-state index contributed by atoms with van der Waals surface area (Å²) in [6, 6.07) is 0. The van der Waals surface area contributed by atoms with Crippen molar-refractivity contribution in [3.8, 4) is 0 Å². The van der Waals surface area contributed by atoms with E-state index >= 15 is 0 Å². The first-order valence-electron chi connectivity index (χ1n) is 5.27. The Morgan fingerprint density at radius 1 is 1.33 bits per heavy atom. The predicted molar refractivity (Wildman–Crippen MR) is 56.0 cm³/mol. The van der Waals surface area contributed by atoms with Gasteiger partial charge in [0.1, 0.15) is 6.35 Å². The standard InChI is InChI=1S/C9H19O5P/c1-3-13-15(10,14-4-2)8-12-9-5-6-11-7-9/h9H,3-8H2,1-2H3/t9-/m1/s1. The van der Waals surface area contributed by atoms with E-state index in [4.69, 9.17) is 18.5 Å². The first-order valence-corrected chi connectivity index (χ1v) is 7.00. The predicted octanol–water partition coefficient (Wildman–Crippen LogP) is 2.02. The summed E-state index contributed by atoms with van der Waals surface area (Å²) >= 11 is 0. The third-order valence-corrected chi connectivity index (χ3v) is 3.78. The molecule has 0 N–H and O–H groups in total. The first-order chi connectivity index (χ1) is 7.20. The quantitative estimate of drug-likeness (QED) is 0.635. The molecule has 0 amide bonds. The molecule has 0 unspecified atom stereocenters. The molecule has 0 spiro atoms. The highest BCUT2D eigenvalue weighted by Gasteiger charge is 2.27. The molecule has 0 aromatic carbocycles. The van der Waals surface area contributed by atoms with Gasteiger partial charge in [0.25, 0.3) is 0 Å².